The molecule has 0 unspecified atom stereocenters. The van der Waals surface area contributed by atoms with E-state index in [4.69, 9.17) is 0 Å². The second-order valence-corrected chi connectivity index (χ2v) is 7.92. The number of hydrogen-bond acceptors (Lipinski definition) is 4. The van der Waals surface area contributed by atoms with Crippen molar-refractivity contribution in [2.75, 3.05) is 13.1 Å². The largest absolute Gasteiger partial charge is 0.336 e. The van der Waals surface area contributed by atoms with Crippen molar-refractivity contribution in [3.05, 3.63) is 65.5 Å². The lowest BCUT2D eigenvalue weighted by Gasteiger charge is -2.38. The summed E-state index contributed by atoms with van der Waals surface area (Å²) >= 11 is 0. The minimum Gasteiger partial charge on any atom is -0.336 e. The van der Waals surface area contributed by atoms with Gasteiger partial charge in [-0.3, -0.25) is 9.78 Å². The zero-order valence-electron chi connectivity index (χ0n) is 13.3. The standard InChI is InChI=1S/C17H19N3O3S/c1-13-7-8-14(9-18-13)10-19-24(22,23)16-11-20(12-16)17(21)15-5-3-2-4-6-15/h2-9,16,19H,10-12H2,1H3. The van der Waals surface area contributed by atoms with Crippen LogP contribution in [0.4, 0.5) is 0 Å². The van der Waals surface area contributed by atoms with Gasteiger partial charge in [-0.1, -0.05) is 24.3 Å². The topological polar surface area (TPSA) is 79.4 Å². The molecule has 1 aromatic heterocycles. The molecule has 1 fully saturated rings. The number of sulfonamides is 1. The van der Waals surface area contributed by atoms with Crippen LogP contribution in [-0.2, 0) is 16.6 Å². The molecule has 2 heterocycles. The number of benzene rings is 1. The first-order valence-corrected chi connectivity index (χ1v) is 9.25. The number of nitrogens with zero attached hydrogens (tertiary/aromatic N) is 2. The van der Waals surface area contributed by atoms with Gasteiger partial charge in [0.1, 0.15) is 5.25 Å². The first kappa shape index (κ1) is 16.6. The van der Waals surface area contributed by atoms with E-state index in [0.717, 1.165) is 11.3 Å². The third-order valence-corrected chi connectivity index (χ3v) is 5.77. The number of carbonyl (C=O) groups excluding carboxylic acids is 1. The third kappa shape index (κ3) is 3.63. The number of aryl methyl sites for hydroxylation is 1. The van der Waals surface area contributed by atoms with E-state index in [1.165, 1.54) is 0 Å². The van der Waals surface area contributed by atoms with Crippen LogP contribution in [0.25, 0.3) is 0 Å². The molecule has 2 aromatic rings. The smallest absolute Gasteiger partial charge is 0.253 e. The quantitative estimate of drug-likeness (QED) is 0.887. The molecule has 1 aromatic carbocycles. The Morgan fingerprint density at radius 3 is 2.54 bits per heavy atom. The van der Waals surface area contributed by atoms with Gasteiger partial charge in [-0.2, -0.15) is 0 Å². The van der Waals surface area contributed by atoms with Crippen molar-refractivity contribution in [2.24, 2.45) is 0 Å². The molecule has 24 heavy (non-hydrogen) atoms. The van der Waals surface area contributed by atoms with Gasteiger partial charge in [0.05, 0.1) is 0 Å². The molecule has 126 valence electrons. The maximum Gasteiger partial charge on any atom is 0.253 e. The summed E-state index contributed by atoms with van der Waals surface area (Å²) in [6.07, 6.45) is 1.66. The maximum absolute atomic E-state index is 12.3. The highest BCUT2D eigenvalue weighted by molar-refractivity contribution is 7.90. The number of pyridine rings is 1. The van der Waals surface area contributed by atoms with Gasteiger partial charge >= 0.3 is 0 Å². The summed E-state index contributed by atoms with van der Waals surface area (Å²) in [7, 11) is -3.45. The molecule has 6 nitrogen and oxygen atoms in total. The Balaban J connectivity index is 1.54. The van der Waals surface area contributed by atoms with Gasteiger partial charge in [-0.25, -0.2) is 13.1 Å². The van der Waals surface area contributed by atoms with Crippen LogP contribution in [0.1, 0.15) is 21.6 Å². The summed E-state index contributed by atoms with van der Waals surface area (Å²) in [5, 5.41) is -0.566. The Bertz CT molecular complexity index is 814. The Morgan fingerprint density at radius 2 is 1.92 bits per heavy atom. The second kappa shape index (κ2) is 6.70. The molecule has 1 aliphatic rings. The highest BCUT2D eigenvalue weighted by Gasteiger charge is 2.39. The van der Waals surface area contributed by atoms with Gasteiger partial charge < -0.3 is 4.90 Å². The van der Waals surface area contributed by atoms with E-state index in [-0.39, 0.29) is 25.5 Å². The summed E-state index contributed by atoms with van der Waals surface area (Å²) < 4.78 is 27.2. The average Bonchev–Trinajstić information content (AvgIpc) is 2.53. The summed E-state index contributed by atoms with van der Waals surface area (Å²) in [5.74, 6) is -0.134. The van der Waals surface area contributed by atoms with E-state index in [1.807, 2.05) is 25.1 Å². The van der Waals surface area contributed by atoms with Crippen LogP contribution in [0.15, 0.2) is 48.7 Å². The van der Waals surface area contributed by atoms with Crippen LogP contribution in [0.3, 0.4) is 0 Å². The molecular formula is C17H19N3O3S. The molecule has 0 spiro atoms. The molecule has 1 N–H and O–H groups in total. The minimum absolute atomic E-state index is 0.134. The van der Waals surface area contributed by atoms with Crippen molar-refractivity contribution in [2.45, 2.75) is 18.7 Å². The Morgan fingerprint density at radius 1 is 1.21 bits per heavy atom. The number of aromatic nitrogens is 1. The number of rotatable bonds is 5. The van der Waals surface area contributed by atoms with Crippen molar-refractivity contribution in [3.8, 4) is 0 Å². The van der Waals surface area contributed by atoms with Crippen LogP contribution < -0.4 is 4.72 Å². The van der Waals surface area contributed by atoms with Gasteiger partial charge in [-0.15, -0.1) is 0 Å². The van der Waals surface area contributed by atoms with Gasteiger partial charge in [0, 0.05) is 37.1 Å². The molecule has 1 saturated heterocycles. The fourth-order valence-electron chi connectivity index (χ4n) is 2.47. The lowest BCUT2D eigenvalue weighted by atomic mass is 10.1. The van der Waals surface area contributed by atoms with Crippen LogP contribution in [0.5, 0.6) is 0 Å². The number of likely N-dealkylation sites (tertiary alicyclic amines) is 1. The minimum atomic E-state index is -3.45. The third-order valence-electron chi connectivity index (χ3n) is 4.04. The highest BCUT2D eigenvalue weighted by atomic mass is 32.2. The Hall–Kier alpha value is -2.25. The molecule has 1 amide bonds. The zero-order chi connectivity index (χ0) is 17.2. The van der Waals surface area contributed by atoms with Gasteiger partial charge in [0.25, 0.3) is 5.91 Å². The van der Waals surface area contributed by atoms with Crippen LogP contribution >= 0.6 is 0 Å². The van der Waals surface area contributed by atoms with E-state index in [9.17, 15) is 13.2 Å². The maximum atomic E-state index is 12.3. The Labute approximate surface area is 141 Å². The summed E-state index contributed by atoms with van der Waals surface area (Å²) in [5.41, 5.74) is 2.27. The summed E-state index contributed by atoms with van der Waals surface area (Å²) in [6.45, 7) is 2.52. The average molecular weight is 345 g/mol. The monoisotopic (exact) mass is 345 g/mol. The Kier molecular flexibility index (Phi) is 4.64. The molecule has 7 heteroatoms. The van der Waals surface area contributed by atoms with Crippen molar-refractivity contribution in [1.29, 1.82) is 0 Å². The normalized spacial score (nSPS) is 15.1. The predicted molar refractivity (Wildman–Crippen MR) is 90.9 cm³/mol. The molecule has 0 saturated carbocycles. The van der Waals surface area contributed by atoms with E-state index in [1.54, 1.807) is 35.4 Å². The summed E-state index contributed by atoms with van der Waals surface area (Å²) in [4.78, 5) is 17.9. The van der Waals surface area contributed by atoms with E-state index < -0.39 is 15.3 Å². The number of amides is 1. The SMILES string of the molecule is Cc1ccc(CNS(=O)(=O)C2CN(C(=O)c3ccccc3)C2)cn1. The van der Waals surface area contributed by atoms with Gasteiger partial charge in [0.2, 0.25) is 10.0 Å². The van der Waals surface area contributed by atoms with Gasteiger partial charge in [0.15, 0.2) is 0 Å². The zero-order valence-corrected chi connectivity index (χ0v) is 14.2. The highest BCUT2D eigenvalue weighted by Crippen LogP contribution is 2.19. The lowest BCUT2D eigenvalue weighted by Crippen LogP contribution is -2.59. The van der Waals surface area contributed by atoms with E-state index in [0.29, 0.717) is 5.56 Å². The predicted octanol–water partition coefficient (Wildman–Crippen LogP) is 1.33. The fraction of sp³-hybridized carbons (Fsp3) is 0.294. The van der Waals surface area contributed by atoms with E-state index >= 15 is 0 Å². The molecule has 1 aliphatic heterocycles. The van der Waals surface area contributed by atoms with Crippen molar-refractivity contribution < 1.29 is 13.2 Å². The van der Waals surface area contributed by atoms with Crippen LogP contribution in [0, 0.1) is 6.92 Å². The molecule has 0 bridgehead atoms. The second-order valence-electron chi connectivity index (χ2n) is 5.87. The van der Waals surface area contributed by atoms with Crippen LogP contribution in [0.2, 0.25) is 0 Å². The van der Waals surface area contributed by atoms with E-state index in [2.05, 4.69) is 9.71 Å². The molecule has 0 radical (unpaired) electrons. The van der Waals surface area contributed by atoms with Crippen molar-refractivity contribution >= 4 is 15.9 Å². The van der Waals surface area contributed by atoms with Crippen molar-refractivity contribution in [1.82, 2.24) is 14.6 Å². The number of hydrogen-bond donors (Lipinski definition) is 1. The molecule has 0 atom stereocenters. The summed E-state index contributed by atoms with van der Waals surface area (Å²) in [6, 6.07) is 12.6. The van der Waals surface area contributed by atoms with Crippen LogP contribution in [-0.4, -0.2) is 42.5 Å². The fourth-order valence-corrected chi connectivity index (χ4v) is 3.82. The first-order valence-electron chi connectivity index (χ1n) is 7.70. The van der Waals surface area contributed by atoms with Gasteiger partial charge in [-0.05, 0) is 30.7 Å². The number of carbonyl (C=O) groups is 1. The molecule has 0 aliphatic carbocycles. The molecule has 3 rings (SSSR count). The number of nitrogens with one attached hydrogen (secondary N) is 1. The first-order chi connectivity index (χ1) is 11.5. The lowest BCUT2D eigenvalue weighted by molar-refractivity contribution is 0.0658. The molecular weight excluding hydrogens is 326 g/mol. The van der Waals surface area contributed by atoms with Crippen molar-refractivity contribution in [3.63, 3.8) is 0 Å².